The predicted molar refractivity (Wildman–Crippen MR) is 53.1 cm³/mol. The van der Waals surface area contributed by atoms with E-state index in [-0.39, 0.29) is 5.60 Å². The van der Waals surface area contributed by atoms with Gasteiger partial charge in [0.2, 0.25) is 0 Å². The van der Waals surface area contributed by atoms with Gasteiger partial charge in [-0.15, -0.1) is 0 Å². The van der Waals surface area contributed by atoms with E-state index in [1.54, 1.807) is 0 Å². The number of rotatable bonds is 3. The molecule has 0 aromatic rings. The van der Waals surface area contributed by atoms with Crippen molar-refractivity contribution in [2.75, 3.05) is 19.7 Å². The molecule has 0 radical (unpaired) electrons. The summed E-state index contributed by atoms with van der Waals surface area (Å²) in [6.07, 6.45) is 4.85. The maximum absolute atomic E-state index is 5.88. The lowest BCUT2D eigenvalue weighted by atomic mass is 10.0. The molecule has 0 saturated heterocycles. The van der Waals surface area contributed by atoms with E-state index in [4.69, 9.17) is 4.74 Å². The third kappa shape index (κ3) is 1.57. The molecule has 1 saturated carbocycles. The van der Waals surface area contributed by atoms with Crippen LogP contribution in [0.5, 0.6) is 0 Å². The zero-order valence-electron chi connectivity index (χ0n) is 8.31. The number of amidine groups is 1. The first-order chi connectivity index (χ1) is 6.37. The van der Waals surface area contributed by atoms with Crippen molar-refractivity contribution in [2.24, 2.45) is 4.99 Å². The van der Waals surface area contributed by atoms with E-state index in [9.17, 15) is 0 Å². The Morgan fingerprint density at radius 3 is 2.77 bits per heavy atom. The number of hydrogen-bond acceptors (Lipinski definition) is 3. The van der Waals surface area contributed by atoms with Gasteiger partial charge in [0, 0.05) is 13.2 Å². The Bertz CT molecular complexity index is 207. The minimum atomic E-state index is -0.0365. The van der Waals surface area contributed by atoms with Crippen molar-refractivity contribution >= 4 is 5.84 Å². The van der Waals surface area contributed by atoms with Crippen LogP contribution in [0.4, 0.5) is 0 Å². The lowest BCUT2D eigenvalue weighted by molar-refractivity contribution is 0.0189. The van der Waals surface area contributed by atoms with Crippen LogP contribution in [0, 0.1) is 0 Å². The fraction of sp³-hybridized carbons (Fsp3) is 0.900. The molecule has 0 spiro atoms. The van der Waals surface area contributed by atoms with Gasteiger partial charge < -0.3 is 10.1 Å². The third-order valence-electron chi connectivity index (χ3n) is 2.94. The van der Waals surface area contributed by atoms with E-state index in [0.29, 0.717) is 0 Å². The summed E-state index contributed by atoms with van der Waals surface area (Å²) in [5.41, 5.74) is -0.0365. The fourth-order valence-corrected chi connectivity index (χ4v) is 2.37. The van der Waals surface area contributed by atoms with Gasteiger partial charge in [-0.05, 0) is 32.6 Å². The summed E-state index contributed by atoms with van der Waals surface area (Å²) < 4.78 is 5.88. The van der Waals surface area contributed by atoms with Crippen LogP contribution in [0.1, 0.15) is 32.6 Å². The second-order valence-corrected chi connectivity index (χ2v) is 3.79. The standard InChI is InChI=1S/C10H18N2O/c1-2-13-10(5-3-4-6-10)9-11-7-8-12-9/h2-8H2,1H3,(H,11,12). The number of hydrogen-bond donors (Lipinski definition) is 1. The summed E-state index contributed by atoms with van der Waals surface area (Å²) >= 11 is 0. The fourth-order valence-electron chi connectivity index (χ4n) is 2.37. The molecule has 0 aromatic heterocycles. The average molecular weight is 182 g/mol. The Labute approximate surface area is 79.6 Å². The molecule has 0 bridgehead atoms. The second kappa shape index (κ2) is 3.66. The molecule has 1 aliphatic heterocycles. The highest BCUT2D eigenvalue weighted by molar-refractivity contribution is 5.92. The minimum Gasteiger partial charge on any atom is -0.370 e. The normalized spacial score (nSPS) is 25.8. The molecule has 3 nitrogen and oxygen atoms in total. The van der Waals surface area contributed by atoms with Gasteiger partial charge in [-0.3, -0.25) is 4.99 Å². The van der Waals surface area contributed by atoms with Gasteiger partial charge in [-0.2, -0.15) is 0 Å². The number of nitrogens with one attached hydrogen (secondary N) is 1. The number of ether oxygens (including phenoxy) is 1. The first-order valence-corrected chi connectivity index (χ1v) is 5.30. The summed E-state index contributed by atoms with van der Waals surface area (Å²) in [4.78, 5) is 4.49. The molecule has 0 atom stereocenters. The first-order valence-electron chi connectivity index (χ1n) is 5.30. The van der Waals surface area contributed by atoms with Crippen LogP contribution in [-0.2, 0) is 4.74 Å². The van der Waals surface area contributed by atoms with Crippen molar-refractivity contribution in [3.05, 3.63) is 0 Å². The van der Waals surface area contributed by atoms with Crippen LogP contribution in [0.15, 0.2) is 4.99 Å². The van der Waals surface area contributed by atoms with Crippen LogP contribution >= 0.6 is 0 Å². The molecule has 1 heterocycles. The van der Waals surface area contributed by atoms with E-state index in [2.05, 4.69) is 17.2 Å². The lowest BCUT2D eigenvalue weighted by Crippen LogP contribution is -2.45. The molecule has 13 heavy (non-hydrogen) atoms. The Morgan fingerprint density at radius 1 is 1.46 bits per heavy atom. The topological polar surface area (TPSA) is 33.6 Å². The molecule has 0 unspecified atom stereocenters. The molecule has 0 aromatic carbocycles. The Morgan fingerprint density at radius 2 is 2.23 bits per heavy atom. The SMILES string of the molecule is CCOC1(C2=NCCN2)CCCC1. The van der Waals surface area contributed by atoms with Crippen LogP contribution in [0.25, 0.3) is 0 Å². The van der Waals surface area contributed by atoms with Crippen molar-refractivity contribution < 1.29 is 4.74 Å². The highest BCUT2D eigenvalue weighted by Crippen LogP contribution is 2.34. The molecule has 1 fully saturated rings. The molecule has 0 amide bonds. The van der Waals surface area contributed by atoms with Gasteiger partial charge in [0.25, 0.3) is 0 Å². The van der Waals surface area contributed by atoms with Crippen molar-refractivity contribution in [3.63, 3.8) is 0 Å². The molecular weight excluding hydrogens is 164 g/mol. The highest BCUT2D eigenvalue weighted by atomic mass is 16.5. The molecule has 1 N–H and O–H groups in total. The van der Waals surface area contributed by atoms with E-state index in [1.807, 2.05) is 0 Å². The second-order valence-electron chi connectivity index (χ2n) is 3.79. The van der Waals surface area contributed by atoms with E-state index < -0.39 is 0 Å². The summed E-state index contributed by atoms with van der Waals surface area (Å²) in [7, 11) is 0. The predicted octanol–water partition coefficient (Wildman–Crippen LogP) is 1.34. The first kappa shape index (κ1) is 9.00. The van der Waals surface area contributed by atoms with E-state index in [1.165, 1.54) is 12.8 Å². The zero-order valence-corrected chi connectivity index (χ0v) is 8.31. The summed E-state index contributed by atoms with van der Waals surface area (Å²) in [6.45, 7) is 4.77. The lowest BCUT2D eigenvalue weighted by Gasteiger charge is -2.28. The molecule has 3 heteroatoms. The van der Waals surface area contributed by atoms with Crippen molar-refractivity contribution in [3.8, 4) is 0 Å². The van der Waals surface area contributed by atoms with Crippen LogP contribution < -0.4 is 5.32 Å². The maximum atomic E-state index is 5.88. The van der Waals surface area contributed by atoms with Gasteiger partial charge in [0.05, 0.1) is 6.54 Å². The Kier molecular flexibility index (Phi) is 2.54. The summed E-state index contributed by atoms with van der Waals surface area (Å²) in [6, 6.07) is 0. The van der Waals surface area contributed by atoms with Crippen molar-refractivity contribution in [2.45, 2.75) is 38.2 Å². The van der Waals surface area contributed by atoms with Gasteiger partial charge in [-0.25, -0.2) is 0 Å². The minimum absolute atomic E-state index is 0.0365. The summed E-state index contributed by atoms with van der Waals surface area (Å²) in [5, 5.41) is 3.35. The number of aliphatic imine (C=N–C) groups is 1. The molecule has 74 valence electrons. The van der Waals surface area contributed by atoms with Gasteiger partial charge in [-0.1, -0.05) is 0 Å². The third-order valence-corrected chi connectivity index (χ3v) is 2.94. The van der Waals surface area contributed by atoms with Gasteiger partial charge in [0.1, 0.15) is 11.4 Å². The molecule has 2 aliphatic rings. The Hall–Kier alpha value is -0.570. The van der Waals surface area contributed by atoms with E-state index in [0.717, 1.165) is 38.4 Å². The van der Waals surface area contributed by atoms with E-state index >= 15 is 0 Å². The largest absolute Gasteiger partial charge is 0.370 e. The molecule has 2 rings (SSSR count). The summed E-state index contributed by atoms with van der Waals surface area (Å²) in [5.74, 6) is 1.12. The zero-order chi connectivity index (χ0) is 9.15. The van der Waals surface area contributed by atoms with Crippen molar-refractivity contribution in [1.82, 2.24) is 5.32 Å². The molecular formula is C10H18N2O. The van der Waals surface area contributed by atoms with Gasteiger partial charge in [0.15, 0.2) is 0 Å². The quantitative estimate of drug-likeness (QED) is 0.714. The Balaban J connectivity index is 2.11. The maximum Gasteiger partial charge on any atom is 0.129 e. The van der Waals surface area contributed by atoms with Crippen LogP contribution in [0.3, 0.4) is 0 Å². The van der Waals surface area contributed by atoms with Crippen molar-refractivity contribution in [1.29, 1.82) is 0 Å². The monoisotopic (exact) mass is 182 g/mol. The van der Waals surface area contributed by atoms with Gasteiger partial charge >= 0.3 is 0 Å². The smallest absolute Gasteiger partial charge is 0.129 e. The highest BCUT2D eigenvalue weighted by Gasteiger charge is 2.40. The molecule has 1 aliphatic carbocycles. The van der Waals surface area contributed by atoms with Crippen LogP contribution in [-0.4, -0.2) is 31.1 Å². The van der Waals surface area contributed by atoms with Crippen LogP contribution in [0.2, 0.25) is 0 Å². The number of nitrogens with zero attached hydrogens (tertiary/aromatic N) is 1. The average Bonchev–Trinajstić information content (AvgIpc) is 2.73.